The van der Waals surface area contributed by atoms with E-state index in [1.54, 1.807) is 11.3 Å². The second-order valence-corrected chi connectivity index (χ2v) is 3.61. The van der Waals surface area contributed by atoms with Crippen LogP contribution in [0.1, 0.15) is 24.5 Å². The standard InChI is InChI=1S/C9H13NOS/c1-3-9-10-8(6-12-9)4-7(2)5-11/h4,6,11H,3,5H2,1-2H3/b7-4-. The smallest absolute Gasteiger partial charge is 0.0929 e. The first-order chi connectivity index (χ1) is 5.76. The van der Waals surface area contributed by atoms with E-state index in [2.05, 4.69) is 11.9 Å². The molecule has 0 atom stereocenters. The molecule has 1 aromatic heterocycles. The molecular formula is C9H13NOS. The zero-order valence-electron chi connectivity index (χ0n) is 7.37. The van der Waals surface area contributed by atoms with Crippen molar-refractivity contribution in [2.45, 2.75) is 20.3 Å². The van der Waals surface area contributed by atoms with E-state index in [0.717, 1.165) is 22.7 Å². The maximum Gasteiger partial charge on any atom is 0.0929 e. The molecule has 0 saturated carbocycles. The first-order valence-corrected chi connectivity index (χ1v) is 4.86. The Morgan fingerprint density at radius 3 is 3.00 bits per heavy atom. The molecule has 0 aliphatic heterocycles. The lowest BCUT2D eigenvalue weighted by molar-refractivity contribution is 0.332. The summed E-state index contributed by atoms with van der Waals surface area (Å²) in [4.78, 5) is 4.35. The van der Waals surface area contributed by atoms with E-state index >= 15 is 0 Å². The highest BCUT2D eigenvalue weighted by Gasteiger charge is 1.96. The number of nitrogens with zero attached hydrogens (tertiary/aromatic N) is 1. The number of aromatic nitrogens is 1. The van der Waals surface area contributed by atoms with Gasteiger partial charge in [0, 0.05) is 5.38 Å². The number of hydrogen-bond donors (Lipinski definition) is 1. The molecule has 0 aliphatic rings. The van der Waals surface area contributed by atoms with Crippen LogP contribution >= 0.6 is 11.3 Å². The van der Waals surface area contributed by atoms with Crippen LogP contribution in [0, 0.1) is 0 Å². The SMILES string of the molecule is CCc1nc(/C=C(/C)CO)cs1. The van der Waals surface area contributed by atoms with Gasteiger partial charge in [-0.2, -0.15) is 0 Å². The van der Waals surface area contributed by atoms with Gasteiger partial charge in [-0.3, -0.25) is 0 Å². The van der Waals surface area contributed by atoms with Crippen LogP contribution in [0.15, 0.2) is 11.0 Å². The van der Waals surface area contributed by atoms with Crippen molar-refractivity contribution in [3.63, 3.8) is 0 Å². The summed E-state index contributed by atoms with van der Waals surface area (Å²) in [5.74, 6) is 0. The van der Waals surface area contributed by atoms with Gasteiger partial charge in [-0.05, 0) is 25.0 Å². The lowest BCUT2D eigenvalue weighted by atomic mass is 10.3. The number of aryl methyl sites for hydroxylation is 1. The van der Waals surface area contributed by atoms with E-state index < -0.39 is 0 Å². The first kappa shape index (κ1) is 9.42. The van der Waals surface area contributed by atoms with Crippen molar-refractivity contribution in [2.75, 3.05) is 6.61 Å². The van der Waals surface area contributed by atoms with E-state index in [0.29, 0.717) is 0 Å². The fraction of sp³-hybridized carbons (Fsp3) is 0.444. The fourth-order valence-corrected chi connectivity index (χ4v) is 1.55. The molecule has 0 radical (unpaired) electrons. The Bertz CT molecular complexity index is 278. The summed E-state index contributed by atoms with van der Waals surface area (Å²) >= 11 is 1.66. The summed E-state index contributed by atoms with van der Waals surface area (Å²) in [6.07, 6.45) is 2.90. The number of rotatable bonds is 3. The van der Waals surface area contributed by atoms with Crippen LogP contribution in [0.2, 0.25) is 0 Å². The second-order valence-electron chi connectivity index (χ2n) is 2.67. The molecule has 0 aliphatic carbocycles. The molecule has 0 fully saturated rings. The van der Waals surface area contributed by atoms with Crippen LogP contribution in [-0.4, -0.2) is 16.7 Å². The van der Waals surface area contributed by atoms with Gasteiger partial charge in [-0.1, -0.05) is 6.92 Å². The maximum absolute atomic E-state index is 8.77. The average molecular weight is 183 g/mol. The van der Waals surface area contributed by atoms with Crippen LogP contribution < -0.4 is 0 Å². The van der Waals surface area contributed by atoms with Crippen molar-refractivity contribution < 1.29 is 5.11 Å². The Kier molecular flexibility index (Phi) is 3.44. The van der Waals surface area contributed by atoms with Crippen molar-refractivity contribution in [1.82, 2.24) is 4.98 Å². The van der Waals surface area contributed by atoms with Gasteiger partial charge in [0.15, 0.2) is 0 Å². The lowest BCUT2D eigenvalue weighted by Crippen LogP contribution is -1.84. The zero-order valence-corrected chi connectivity index (χ0v) is 8.19. The molecule has 2 nitrogen and oxygen atoms in total. The molecule has 1 heterocycles. The molecule has 0 amide bonds. The molecule has 0 unspecified atom stereocenters. The Hall–Kier alpha value is -0.670. The van der Waals surface area contributed by atoms with Crippen LogP contribution in [0.4, 0.5) is 0 Å². The van der Waals surface area contributed by atoms with Crippen molar-refractivity contribution >= 4 is 17.4 Å². The highest BCUT2D eigenvalue weighted by molar-refractivity contribution is 7.09. The van der Waals surface area contributed by atoms with E-state index in [-0.39, 0.29) is 6.61 Å². The van der Waals surface area contributed by atoms with Crippen LogP contribution in [-0.2, 0) is 6.42 Å². The molecule has 0 saturated heterocycles. The number of thiazole rings is 1. The van der Waals surface area contributed by atoms with Gasteiger partial charge in [0.25, 0.3) is 0 Å². The Labute approximate surface area is 76.6 Å². The molecule has 0 bridgehead atoms. The summed E-state index contributed by atoms with van der Waals surface area (Å²) in [6, 6.07) is 0. The third-order valence-corrected chi connectivity index (χ3v) is 2.53. The van der Waals surface area contributed by atoms with Gasteiger partial charge in [0.05, 0.1) is 17.3 Å². The molecule has 1 N–H and O–H groups in total. The first-order valence-electron chi connectivity index (χ1n) is 3.98. The van der Waals surface area contributed by atoms with Crippen molar-refractivity contribution in [3.05, 3.63) is 21.7 Å². The number of hydrogen-bond acceptors (Lipinski definition) is 3. The van der Waals surface area contributed by atoms with E-state index in [1.807, 2.05) is 18.4 Å². The summed E-state index contributed by atoms with van der Waals surface area (Å²) in [5.41, 5.74) is 1.91. The number of aliphatic hydroxyl groups is 1. The predicted octanol–water partition coefficient (Wildman–Crippen LogP) is 2.10. The molecule has 12 heavy (non-hydrogen) atoms. The van der Waals surface area contributed by atoms with E-state index in [1.165, 1.54) is 0 Å². The molecule has 1 aromatic rings. The van der Waals surface area contributed by atoms with Gasteiger partial charge in [0.1, 0.15) is 0 Å². The highest BCUT2D eigenvalue weighted by atomic mass is 32.1. The quantitative estimate of drug-likeness (QED) is 0.778. The Morgan fingerprint density at radius 1 is 1.75 bits per heavy atom. The van der Waals surface area contributed by atoms with Gasteiger partial charge in [-0.25, -0.2) is 4.98 Å². The van der Waals surface area contributed by atoms with Crippen molar-refractivity contribution in [3.8, 4) is 0 Å². The van der Waals surface area contributed by atoms with Gasteiger partial charge in [-0.15, -0.1) is 11.3 Å². The van der Waals surface area contributed by atoms with Crippen molar-refractivity contribution in [1.29, 1.82) is 0 Å². The minimum Gasteiger partial charge on any atom is -0.392 e. The summed E-state index contributed by atoms with van der Waals surface area (Å²) < 4.78 is 0. The molecule has 0 spiro atoms. The normalized spacial score (nSPS) is 12.1. The minimum absolute atomic E-state index is 0.110. The Balaban J connectivity index is 2.76. The average Bonchev–Trinajstić information content (AvgIpc) is 2.52. The van der Waals surface area contributed by atoms with Crippen LogP contribution in [0.3, 0.4) is 0 Å². The maximum atomic E-state index is 8.77. The Morgan fingerprint density at radius 2 is 2.50 bits per heavy atom. The van der Waals surface area contributed by atoms with E-state index in [9.17, 15) is 0 Å². The summed E-state index contributed by atoms with van der Waals surface area (Å²) in [7, 11) is 0. The molecule has 3 heteroatoms. The highest BCUT2D eigenvalue weighted by Crippen LogP contribution is 2.12. The zero-order chi connectivity index (χ0) is 8.97. The fourth-order valence-electron chi connectivity index (χ4n) is 0.852. The van der Waals surface area contributed by atoms with Gasteiger partial charge >= 0.3 is 0 Å². The predicted molar refractivity (Wildman–Crippen MR) is 52.2 cm³/mol. The summed E-state index contributed by atoms with van der Waals surface area (Å²) in [5, 5.41) is 11.9. The molecular weight excluding hydrogens is 170 g/mol. The van der Waals surface area contributed by atoms with Crippen LogP contribution in [0.5, 0.6) is 0 Å². The van der Waals surface area contributed by atoms with Crippen LogP contribution in [0.25, 0.3) is 6.08 Å². The monoisotopic (exact) mass is 183 g/mol. The summed E-state index contributed by atoms with van der Waals surface area (Å²) in [6.45, 7) is 4.09. The van der Waals surface area contributed by atoms with Gasteiger partial charge < -0.3 is 5.11 Å². The topological polar surface area (TPSA) is 33.1 Å². The third-order valence-electron chi connectivity index (χ3n) is 1.52. The minimum atomic E-state index is 0.110. The van der Waals surface area contributed by atoms with Gasteiger partial charge in [0.2, 0.25) is 0 Å². The molecule has 66 valence electrons. The molecule has 0 aromatic carbocycles. The lowest BCUT2D eigenvalue weighted by Gasteiger charge is -1.90. The van der Waals surface area contributed by atoms with E-state index in [4.69, 9.17) is 5.11 Å². The third kappa shape index (κ3) is 2.43. The largest absolute Gasteiger partial charge is 0.392 e. The molecule has 1 rings (SSSR count). The van der Waals surface area contributed by atoms with Crippen molar-refractivity contribution in [2.24, 2.45) is 0 Å². The second kappa shape index (κ2) is 4.38. The number of aliphatic hydroxyl groups excluding tert-OH is 1.